The Kier molecular flexibility index (Phi) is 3.05. The fourth-order valence-corrected chi connectivity index (χ4v) is 3.04. The van der Waals surface area contributed by atoms with E-state index in [0.717, 1.165) is 23.7 Å². The molecule has 0 atom stereocenters. The van der Waals surface area contributed by atoms with Crippen molar-refractivity contribution >= 4 is 10.9 Å². The number of pyridine rings is 1. The number of hydrogen-bond donors (Lipinski definition) is 2. The number of aryl methyl sites for hydroxylation is 2. The molecule has 1 aromatic carbocycles. The molecule has 0 saturated heterocycles. The molecule has 1 aromatic heterocycles. The molecule has 0 amide bonds. The molecule has 2 N–H and O–H groups in total. The first-order chi connectivity index (χ1) is 9.16. The van der Waals surface area contributed by atoms with Crippen LogP contribution in [0.1, 0.15) is 42.5 Å². The van der Waals surface area contributed by atoms with Gasteiger partial charge >= 0.3 is 0 Å². The van der Waals surface area contributed by atoms with E-state index in [0.29, 0.717) is 0 Å². The summed E-state index contributed by atoms with van der Waals surface area (Å²) >= 11 is 0. The Morgan fingerprint density at radius 3 is 2.42 bits per heavy atom. The van der Waals surface area contributed by atoms with Gasteiger partial charge in [0.2, 0.25) is 0 Å². The summed E-state index contributed by atoms with van der Waals surface area (Å²) in [6, 6.07) is 3.20. The summed E-state index contributed by atoms with van der Waals surface area (Å²) in [4.78, 5) is 4.71. The van der Waals surface area contributed by atoms with Crippen molar-refractivity contribution in [2.24, 2.45) is 0 Å². The number of phenolic OH excluding ortho intramolecular Hbond substituents is 2. The van der Waals surface area contributed by atoms with Crippen LogP contribution in [0.5, 0.6) is 11.5 Å². The minimum atomic E-state index is -0.0924. The van der Waals surface area contributed by atoms with Crippen LogP contribution >= 0.6 is 0 Å². The van der Waals surface area contributed by atoms with Crippen LogP contribution in [0.15, 0.2) is 12.1 Å². The lowest BCUT2D eigenvalue weighted by Gasteiger charge is -2.17. The number of fused-ring (bicyclic) bond motifs is 2. The Morgan fingerprint density at radius 2 is 1.63 bits per heavy atom. The lowest BCUT2D eigenvalue weighted by atomic mass is 9.92. The molecule has 3 nitrogen and oxygen atoms in total. The van der Waals surface area contributed by atoms with Crippen LogP contribution in [0.4, 0.5) is 0 Å². The molecule has 3 rings (SSSR count). The minimum Gasteiger partial charge on any atom is -0.504 e. The highest BCUT2D eigenvalue weighted by atomic mass is 16.3. The standard InChI is InChI=1S/C16H19NO2/c1-10-11-6-4-2-3-5-7-13(11)17-14-9-16(19)15(18)8-12(10)14/h8-9,18-19H,2-7H2,1H3. The molecule has 100 valence electrons. The molecule has 1 aliphatic rings. The third-order valence-electron chi connectivity index (χ3n) is 4.14. The van der Waals surface area contributed by atoms with E-state index < -0.39 is 0 Å². The van der Waals surface area contributed by atoms with E-state index >= 15 is 0 Å². The average molecular weight is 257 g/mol. The zero-order valence-electron chi connectivity index (χ0n) is 11.2. The highest BCUT2D eigenvalue weighted by Crippen LogP contribution is 2.34. The van der Waals surface area contributed by atoms with Crippen molar-refractivity contribution in [3.05, 3.63) is 29.0 Å². The first kappa shape index (κ1) is 12.3. The van der Waals surface area contributed by atoms with E-state index in [9.17, 15) is 10.2 Å². The number of benzene rings is 1. The van der Waals surface area contributed by atoms with Gasteiger partial charge < -0.3 is 10.2 Å². The van der Waals surface area contributed by atoms with E-state index in [-0.39, 0.29) is 11.5 Å². The SMILES string of the molecule is Cc1c2c(nc3cc(O)c(O)cc13)CCCCCC2. The monoisotopic (exact) mass is 257 g/mol. The molecule has 2 aromatic rings. The number of hydrogen-bond acceptors (Lipinski definition) is 3. The van der Waals surface area contributed by atoms with Gasteiger partial charge in [-0.3, -0.25) is 4.98 Å². The largest absolute Gasteiger partial charge is 0.504 e. The fraction of sp³-hybridized carbons (Fsp3) is 0.438. The normalized spacial score (nSPS) is 15.8. The van der Waals surface area contributed by atoms with Crippen LogP contribution in [-0.2, 0) is 12.8 Å². The van der Waals surface area contributed by atoms with Crippen LogP contribution in [0.3, 0.4) is 0 Å². The van der Waals surface area contributed by atoms with Crippen molar-refractivity contribution in [2.75, 3.05) is 0 Å². The molecule has 0 radical (unpaired) electrons. The Morgan fingerprint density at radius 1 is 0.947 bits per heavy atom. The highest BCUT2D eigenvalue weighted by Gasteiger charge is 2.15. The van der Waals surface area contributed by atoms with Gasteiger partial charge in [-0.1, -0.05) is 12.8 Å². The molecule has 1 heterocycles. The lowest BCUT2D eigenvalue weighted by molar-refractivity contribution is 0.404. The molecular formula is C16H19NO2. The smallest absolute Gasteiger partial charge is 0.159 e. The van der Waals surface area contributed by atoms with Crippen LogP contribution in [0, 0.1) is 6.92 Å². The van der Waals surface area contributed by atoms with Crippen molar-refractivity contribution in [1.82, 2.24) is 4.98 Å². The van der Waals surface area contributed by atoms with E-state index in [1.54, 1.807) is 12.1 Å². The highest BCUT2D eigenvalue weighted by molar-refractivity contribution is 5.86. The summed E-state index contributed by atoms with van der Waals surface area (Å²) in [5.74, 6) is -0.159. The predicted octanol–water partition coefficient (Wildman–Crippen LogP) is 3.61. The number of aromatic nitrogens is 1. The molecule has 1 aliphatic carbocycles. The Balaban J connectivity index is 2.25. The van der Waals surface area contributed by atoms with Crippen molar-refractivity contribution in [3.63, 3.8) is 0 Å². The maximum Gasteiger partial charge on any atom is 0.159 e. The van der Waals surface area contributed by atoms with E-state index in [1.165, 1.54) is 42.5 Å². The number of rotatable bonds is 0. The first-order valence-electron chi connectivity index (χ1n) is 7.01. The zero-order chi connectivity index (χ0) is 13.4. The second-order valence-corrected chi connectivity index (χ2v) is 5.43. The molecule has 19 heavy (non-hydrogen) atoms. The molecule has 0 fully saturated rings. The Hall–Kier alpha value is -1.77. The first-order valence-corrected chi connectivity index (χ1v) is 7.01. The van der Waals surface area contributed by atoms with E-state index in [1.807, 2.05) is 0 Å². The second-order valence-electron chi connectivity index (χ2n) is 5.43. The quantitative estimate of drug-likeness (QED) is 0.709. The summed E-state index contributed by atoms with van der Waals surface area (Å²) in [6.45, 7) is 2.10. The maximum atomic E-state index is 9.67. The van der Waals surface area contributed by atoms with Gasteiger partial charge in [0.15, 0.2) is 11.5 Å². The number of phenols is 2. The molecule has 0 unspecified atom stereocenters. The molecule has 0 bridgehead atoms. The summed E-state index contributed by atoms with van der Waals surface area (Å²) in [6.07, 6.45) is 7.07. The summed E-state index contributed by atoms with van der Waals surface area (Å²) in [5.41, 5.74) is 4.51. The van der Waals surface area contributed by atoms with Gasteiger partial charge in [-0.05, 0) is 49.8 Å². The average Bonchev–Trinajstić information content (AvgIpc) is 2.35. The van der Waals surface area contributed by atoms with Gasteiger partial charge in [0.05, 0.1) is 5.52 Å². The van der Waals surface area contributed by atoms with Gasteiger partial charge in [-0.2, -0.15) is 0 Å². The van der Waals surface area contributed by atoms with Gasteiger partial charge in [-0.15, -0.1) is 0 Å². The molecule has 0 aliphatic heterocycles. The van der Waals surface area contributed by atoms with Gasteiger partial charge in [-0.25, -0.2) is 0 Å². The predicted molar refractivity (Wildman–Crippen MR) is 75.7 cm³/mol. The third kappa shape index (κ3) is 2.14. The molecule has 3 heteroatoms. The second kappa shape index (κ2) is 4.72. The van der Waals surface area contributed by atoms with Gasteiger partial charge in [0.25, 0.3) is 0 Å². The van der Waals surface area contributed by atoms with Crippen molar-refractivity contribution < 1.29 is 10.2 Å². The Bertz CT molecular complexity index is 634. The lowest BCUT2D eigenvalue weighted by Crippen LogP contribution is -2.05. The number of aromatic hydroxyl groups is 2. The number of nitrogens with zero attached hydrogens (tertiary/aromatic N) is 1. The van der Waals surface area contributed by atoms with Crippen LogP contribution < -0.4 is 0 Å². The summed E-state index contributed by atoms with van der Waals surface area (Å²) < 4.78 is 0. The molecular weight excluding hydrogens is 238 g/mol. The van der Waals surface area contributed by atoms with Gasteiger partial charge in [0.1, 0.15) is 0 Å². The van der Waals surface area contributed by atoms with E-state index in [4.69, 9.17) is 4.98 Å². The summed E-state index contributed by atoms with van der Waals surface area (Å²) in [7, 11) is 0. The maximum absolute atomic E-state index is 9.67. The van der Waals surface area contributed by atoms with Crippen molar-refractivity contribution in [3.8, 4) is 11.5 Å². The summed E-state index contributed by atoms with van der Waals surface area (Å²) in [5, 5.41) is 20.2. The topological polar surface area (TPSA) is 53.4 Å². The van der Waals surface area contributed by atoms with Crippen LogP contribution in [0.25, 0.3) is 10.9 Å². The van der Waals surface area contributed by atoms with Crippen molar-refractivity contribution in [2.45, 2.75) is 45.4 Å². The minimum absolute atomic E-state index is 0.0665. The fourth-order valence-electron chi connectivity index (χ4n) is 3.04. The molecule has 0 spiro atoms. The van der Waals surface area contributed by atoms with Crippen LogP contribution in [0.2, 0.25) is 0 Å². The van der Waals surface area contributed by atoms with E-state index in [2.05, 4.69) is 6.92 Å². The van der Waals surface area contributed by atoms with Gasteiger partial charge in [0, 0.05) is 17.1 Å². The zero-order valence-corrected chi connectivity index (χ0v) is 11.2. The van der Waals surface area contributed by atoms with Crippen LogP contribution in [-0.4, -0.2) is 15.2 Å². The Labute approximate surface area is 112 Å². The third-order valence-corrected chi connectivity index (χ3v) is 4.14. The molecule has 0 saturated carbocycles. The van der Waals surface area contributed by atoms with Crippen molar-refractivity contribution in [1.29, 1.82) is 0 Å².